The number of aromatic nitrogens is 5. The summed E-state index contributed by atoms with van der Waals surface area (Å²) in [6.45, 7) is 2.05. The second kappa shape index (κ2) is 9.62. The summed E-state index contributed by atoms with van der Waals surface area (Å²) in [5.74, 6) is 0.275. The molecule has 4 aromatic rings. The van der Waals surface area contributed by atoms with Crippen molar-refractivity contribution in [2.75, 3.05) is 5.32 Å². The topological polar surface area (TPSA) is 85.6 Å². The molecule has 0 aliphatic heterocycles. The lowest BCUT2D eigenvalue weighted by atomic mass is 10.0. The Kier molecular flexibility index (Phi) is 6.07. The number of carbonyl (C=O) groups excluding carboxylic acids is 1. The zero-order chi connectivity index (χ0) is 23.3. The van der Waals surface area contributed by atoms with Crippen molar-refractivity contribution in [3.05, 3.63) is 96.5 Å². The molecule has 0 saturated heterocycles. The number of nitrogens with zero attached hydrogens (tertiary/aromatic N) is 5. The first kappa shape index (κ1) is 21.5. The summed E-state index contributed by atoms with van der Waals surface area (Å²) in [5.41, 5.74) is 6.66. The van der Waals surface area contributed by atoms with Gasteiger partial charge in [0.25, 0.3) is 0 Å². The molecular weight excluding hydrogens is 424 g/mol. The molecule has 0 saturated carbocycles. The Labute approximate surface area is 197 Å². The SMILES string of the molecule is Cc1ccc(-c2c(-c3ccncc3)nnn2CC(=O)Nc2ccc(C3=CCCC=C3)cn2)cc1. The molecule has 0 fully saturated rings. The maximum absolute atomic E-state index is 12.9. The van der Waals surface area contributed by atoms with Crippen LogP contribution in [0, 0.1) is 6.92 Å². The van der Waals surface area contributed by atoms with Crippen molar-refractivity contribution in [3.8, 4) is 22.5 Å². The van der Waals surface area contributed by atoms with Crippen molar-refractivity contribution in [1.29, 1.82) is 0 Å². The summed E-state index contributed by atoms with van der Waals surface area (Å²) in [7, 11) is 0. The summed E-state index contributed by atoms with van der Waals surface area (Å²) in [6, 6.07) is 15.7. The van der Waals surface area contributed by atoms with Gasteiger partial charge in [-0.1, -0.05) is 53.3 Å². The Bertz CT molecular complexity index is 1350. The third kappa shape index (κ3) is 4.68. The van der Waals surface area contributed by atoms with Crippen molar-refractivity contribution >= 4 is 17.3 Å². The maximum atomic E-state index is 12.9. The van der Waals surface area contributed by atoms with E-state index in [4.69, 9.17) is 0 Å². The van der Waals surface area contributed by atoms with E-state index in [-0.39, 0.29) is 12.5 Å². The summed E-state index contributed by atoms with van der Waals surface area (Å²) >= 11 is 0. The number of amides is 1. The van der Waals surface area contributed by atoms with E-state index in [9.17, 15) is 4.79 Å². The highest BCUT2D eigenvalue weighted by molar-refractivity contribution is 5.90. The van der Waals surface area contributed by atoms with Crippen LogP contribution in [0.3, 0.4) is 0 Å². The molecule has 0 atom stereocenters. The summed E-state index contributed by atoms with van der Waals surface area (Å²) < 4.78 is 1.63. The first-order chi connectivity index (χ1) is 16.7. The van der Waals surface area contributed by atoms with E-state index < -0.39 is 0 Å². The van der Waals surface area contributed by atoms with Gasteiger partial charge in [-0.05, 0) is 55.2 Å². The highest BCUT2D eigenvalue weighted by Gasteiger charge is 2.19. The molecule has 3 heterocycles. The smallest absolute Gasteiger partial charge is 0.247 e. The van der Waals surface area contributed by atoms with Crippen LogP contribution in [-0.2, 0) is 11.3 Å². The van der Waals surface area contributed by atoms with Gasteiger partial charge in [0.2, 0.25) is 5.91 Å². The second-order valence-corrected chi connectivity index (χ2v) is 8.17. The number of hydrogen-bond donors (Lipinski definition) is 1. The molecule has 0 radical (unpaired) electrons. The number of rotatable bonds is 6. The van der Waals surface area contributed by atoms with Crippen LogP contribution in [0.5, 0.6) is 0 Å². The van der Waals surface area contributed by atoms with Gasteiger partial charge in [-0.2, -0.15) is 0 Å². The lowest BCUT2D eigenvalue weighted by molar-refractivity contribution is -0.116. The molecule has 168 valence electrons. The largest absolute Gasteiger partial charge is 0.309 e. The predicted molar refractivity (Wildman–Crippen MR) is 133 cm³/mol. The van der Waals surface area contributed by atoms with Gasteiger partial charge >= 0.3 is 0 Å². The molecule has 7 heteroatoms. The first-order valence-electron chi connectivity index (χ1n) is 11.2. The van der Waals surface area contributed by atoms with Gasteiger partial charge in [-0.15, -0.1) is 5.10 Å². The minimum atomic E-state index is -0.225. The van der Waals surface area contributed by atoms with Gasteiger partial charge in [-0.3, -0.25) is 9.78 Å². The summed E-state index contributed by atoms with van der Waals surface area (Å²) in [5, 5.41) is 11.6. The van der Waals surface area contributed by atoms with Gasteiger partial charge in [0.1, 0.15) is 18.1 Å². The fourth-order valence-electron chi connectivity index (χ4n) is 3.91. The van der Waals surface area contributed by atoms with Crippen molar-refractivity contribution in [1.82, 2.24) is 25.0 Å². The molecule has 1 N–H and O–H groups in total. The molecule has 3 aromatic heterocycles. The normalized spacial score (nSPS) is 12.9. The molecule has 34 heavy (non-hydrogen) atoms. The minimum Gasteiger partial charge on any atom is -0.309 e. The van der Waals surface area contributed by atoms with Crippen molar-refractivity contribution in [2.45, 2.75) is 26.3 Å². The molecular formula is C27H24N6O. The average molecular weight is 449 g/mol. The Morgan fingerprint density at radius 2 is 1.76 bits per heavy atom. The number of hydrogen-bond acceptors (Lipinski definition) is 5. The Hall–Kier alpha value is -4.39. The summed E-state index contributed by atoms with van der Waals surface area (Å²) in [6.07, 6.45) is 13.8. The van der Waals surface area contributed by atoms with E-state index in [0.717, 1.165) is 46.4 Å². The molecule has 1 amide bonds. The molecule has 0 spiro atoms. The van der Waals surface area contributed by atoms with Crippen molar-refractivity contribution < 1.29 is 4.79 Å². The Balaban J connectivity index is 1.38. The van der Waals surface area contributed by atoms with E-state index in [1.807, 2.05) is 55.5 Å². The van der Waals surface area contributed by atoms with Crippen LogP contribution in [-0.4, -0.2) is 30.9 Å². The molecule has 1 aromatic carbocycles. The first-order valence-corrected chi connectivity index (χ1v) is 11.2. The van der Waals surface area contributed by atoms with Crippen LogP contribution in [0.15, 0.2) is 85.3 Å². The number of pyridine rings is 2. The van der Waals surface area contributed by atoms with Crippen LogP contribution in [0.25, 0.3) is 28.1 Å². The lowest BCUT2D eigenvalue weighted by Gasteiger charge is -2.10. The fourth-order valence-corrected chi connectivity index (χ4v) is 3.91. The standard InChI is InChI=1S/C27H24N6O/c1-19-7-9-22(10-8-19)27-26(21-13-15-28-16-14-21)31-32-33(27)18-25(34)30-24-12-11-23(17-29-24)20-5-3-2-4-6-20/h3,5-17H,2,4,18H2,1H3,(H,29,30,34). The van der Waals surface area contributed by atoms with Gasteiger partial charge < -0.3 is 5.32 Å². The third-order valence-electron chi connectivity index (χ3n) is 5.67. The number of carbonyl (C=O) groups is 1. The monoisotopic (exact) mass is 448 g/mol. The molecule has 1 aliphatic rings. The van der Waals surface area contributed by atoms with E-state index in [0.29, 0.717) is 11.5 Å². The lowest BCUT2D eigenvalue weighted by Crippen LogP contribution is -2.20. The van der Waals surface area contributed by atoms with Crippen molar-refractivity contribution in [3.63, 3.8) is 0 Å². The summed E-state index contributed by atoms with van der Waals surface area (Å²) in [4.78, 5) is 21.4. The van der Waals surface area contributed by atoms with Crippen LogP contribution in [0.2, 0.25) is 0 Å². The van der Waals surface area contributed by atoms with E-state index in [1.165, 1.54) is 0 Å². The van der Waals surface area contributed by atoms with Gasteiger partial charge in [0, 0.05) is 29.7 Å². The molecule has 0 unspecified atom stereocenters. The van der Waals surface area contributed by atoms with E-state index in [1.54, 1.807) is 23.3 Å². The molecule has 1 aliphatic carbocycles. The Morgan fingerprint density at radius 1 is 0.971 bits per heavy atom. The highest BCUT2D eigenvalue weighted by Crippen LogP contribution is 2.30. The molecule has 0 bridgehead atoms. The van der Waals surface area contributed by atoms with E-state index in [2.05, 4.69) is 43.8 Å². The average Bonchev–Trinajstić information content (AvgIpc) is 3.29. The van der Waals surface area contributed by atoms with Crippen LogP contribution >= 0.6 is 0 Å². The second-order valence-electron chi connectivity index (χ2n) is 8.17. The highest BCUT2D eigenvalue weighted by atomic mass is 16.2. The zero-order valence-electron chi connectivity index (χ0n) is 18.8. The van der Waals surface area contributed by atoms with Crippen LogP contribution < -0.4 is 5.32 Å². The fraction of sp³-hybridized carbons (Fsp3) is 0.148. The Morgan fingerprint density at radius 3 is 2.47 bits per heavy atom. The zero-order valence-corrected chi connectivity index (χ0v) is 18.8. The molecule has 5 rings (SSSR count). The van der Waals surface area contributed by atoms with Gasteiger partial charge in [-0.25, -0.2) is 9.67 Å². The molecule has 7 nitrogen and oxygen atoms in total. The van der Waals surface area contributed by atoms with E-state index >= 15 is 0 Å². The number of aryl methyl sites for hydroxylation is 1. The number of allylic oxidation sites excluding steroid dienone is 4. The number of nitrogens with one attached hydrogen (secondary N) is 1. The predicted octanol–water partition coefficient (Wildman–Crippen LogP) is 5.08. The maximum Gasteiger partial charge on any atom is 0.247 e. The van der Waals surface area contributed by atoms with Crippen LogP contribution in [0.1, 0.15) is 24.0 Å². The number of benzene rings is 1. The number of anilines is 1. The van der Waals surface area contributed by atoms with Crippen LogP contribution in [0.4, 0.5) is 5.82 Å². The van der Waals surface area contributed by atoms with Gasteiger partial charge in [0.05, 0.1) is 5.69 Å². The van der Waals surface area contributed by atoms with Crippen molar-refractivity contribution in [2.24, 2.45) is 0 Å². The third-order valence-corrected chi connectivity index (χ3v) is 5.67. The quantitative estimate of drug-likeness (QED) is 0.444. The van der Waals surface area contributed by atoms with Gasteiger partial charge in [0.15, 0.2) is 0 Å². The minimum absolute atomic E-state index is 0.0125.